The van der Waals surface area contributed by atoms with Gasteiger partial charge >= 0.3 is 0 Å². The molecule has 0 fully saturated rings. The summed E-state index contributed by atoms with van der Waals surface area (Å²) in [5, 5.41) is 8.27. The maximum atomic E-state index is 13.7. The summed E-state index contributed by atoms with van der Waals surface area (Å²) < 4.78 is 11.3. The molecule has 194 valence electrons. The molecule has 7 heteroatoms. The molecule has 0 radical (unpaired) electrons. The zero-order valence-corrected chi connectivity index (χ0v) is 22.1. The third kappa shape index (κ3) is 4.87. The van der Waals surface area contributed by atoms with Gasteiger partial charge in [0.05, 0.1) is 18.8 Å². The largest absolute Gasteiger partial charge is 0.497 e. The average molecular weight is 536 g/mol. The SMILES string of the molecule is COc1ccc(-c2n[nH]c3c2C(c2ccc(OCc4ccccc4Cl)cc2)N(Cc2ccccc2)C3=O)cc1. The Bertz CT molecular complexity index is 1600. The van der Waals surface area contributed by atoms with E-state index in [2.05, 4.69) is 10.2 Å². The van der Waals surface area contributed by atoms with Crippen molar-refractivity contribution in [1.82, 2.24) is 15.1 Å². The molecule has 1 aliphatic rings. The van der Waals surface area contributed by atoms with E-state index < -0.39 is 0 Å². The van der Waals surface area contributed by atoms with Crippen molar-refractivity contribution in [1.29, 1.82) is 0 Å². The Morgan fingerprint density at radius 3 is 2.28 bits per heavy atom. The van der Waals surface area contributed by atoms with E-state index in [9.17, 15) is 4.79 Å². The van der Waals surface area contributed by atoms with E-state index in [0.29, 0.717) is 23.9 Å². The van der Waals surface area contributed by atoms with Gasteiger partial charge in [0, 0.05) is 28.3 Å². The van der Waals surface area contributed by atoms with Crippen LogP contribution in [0.15, 0.2) is 103 Å². The number of benzene rings is 4. The molecule has 1 N–H and O–H groups in total. The number of halogens is 1. The van der Waals surface area contributed by atoms with Crippen LogP contribution >= 0.6 is 11.6 Å². The minimum absolute atomic E-state index is 0.0786. The Morgan fingerprint density at radius 2 is 1.56 bits per heavy atom. The zero-order chi connectivity index (χ0) is 26.8. The van der Waals surface area contributed by atoms with Crippen LogP contribution in [0.2, 0.25) is 5.02 Å². The van der Waals surface area contributed by atoms with Gasteiger partial charge in [0.15, 0.2) is 0 Å². The summed E-state index contributed by atoms with van der Waals surface area (Å²) in [6, 6.07) is 32.9. The number of rotatable bonds is 8. The molecule has 1 amide bonds. The highest BCUT2D eigenvalue weighted by Crippen LogP contribution is 2.44. The molecule has 0 bridgehead atoms. The standard InChI is InChI=1S/C32H26ClN3O3/c1-38-25-15-11-22(12-16-25)29-28-30(35-34-29)32(37)36(19-21-7-3-2-4-8-21)31(28)23-13-17-26(18-14-23)39-20-24-9-5-6-10-27(24)33/h2-18,31H,19-20H2,1H3,(H,34,35). The van der Waals surface area contributed by atoms with Crippen LogP contribution in [0.5, 0.6) is 11.5 Å². The van der Waals surface area contributed by atoms with Gasteiger partial charge in [-0.3, -0.25) is 9.89 Å². The van der Waals surface area contributed by atoms with Gasteiger partial charge < -0.3 is 14.4 Å². The Morgan fingerprint density at radius 1 is 0.872 bits per heavy atom. The molecule has 39 heavy (non-hydrogen) atoms. The number of H-pyrrole nitrogens is 1. The maximum absolute atomic E-state index is 13.7. The van der Waals surface area contributed by atoms with Crippen LogP contribution in [0, 0.1) is 0 Å². The molecular formula is C32H26ClN3O3. The molecule has 0 aliphatic carbocycles. The highest BCUT2D eigenvalue weighted by atomic mass is 35.5. The van der Waals surface area contributed by atoms with Crippen LogP contribution in [0.3, 0.4) is 0 Å². The number of aromatic nitrogens is 2. The van der Waals surface area contributed by atoms with E-state index in [-0.39, 0.29) is 11.9 Å². The maximum Gasteiger partial charge on any atom is 0.273 e. The first kappa shape index (κ1) is 24.8. The molecule has 4 aromatic carbocycles. The van der Waals surface area contributed by atoms with Gasteiger partial charge in [-0.1, -0.05) is 72.3 Å². The van der Waals surface area contributed by atoms with Crippen molar-refractivity contribution in [2.75, 3.05) is 7.11 Å². The molecule has 0 saturated heterocycles. The van der Waals surface area contributed by atoms with E-state index in [1.807, 2.05) is 108 Å². The van der Waals surface area contributed by atoms with Crippen molar-refractivity contribution in [3.8, 4) is 22.8 Å². The van der Waals surface area contributed by atoms with E-state index in [4.69, 9.17) is 21.1 Å². The highest BCUT2D eigenvalue weighted by molar-refractivity contribution is 6.31. The molecule has 2 heterocycles. The minimum Gasteiger partial charge on any atom is -0.497 e. The molecule has 6 rings (SSSR count). The molecule has 6 nitrogen and oxygen atoms in total. The number of fused-ring (bicyclic) bond motifs is 1. The lowest BCUT2D eigenvalue weighted by atomic mass is 9.95. The van der Waals surface area contributed by atoms with Crippen molar-refractivity contribution < 1.29 is 14.3 Å². The van der Waals surface area contributed by atoms with Crippen LogP contribution in [0.1, 0.15) is 38.8 Å². The molecule has 1 atom stereocenters. The lowest BCUT2D eigenvalue weighted by Gasteiger charge is -2.26. The summed E-state index contributed by atoms with van der Waals surface area (Å²) in [7, 11) is 1.64. The van der Waals surface area contributed by atoms with Gasteiger partial charge in [0.1, 0.15) is 23.8 Å². The van der Waals surface area contributed by atoms with Crippen molar-refractivity contribution >= 4 is 17.5 Å². The Hall–Kier alpha value is -4.55. The first-order valence-corrected chi connectivity index (χ1v) is 13.0. The van der Waals surface area contributed by atoms with Crippen LogP contribution in [0.4, 0.5) is 0 Å². The van der Waals surface area contributed by atoms with Crippen molar-refractivity contribution in [3.63, 3.8) is 0 Å². The summed E-state index contributed by atoms with van der Waals surface area (Å²) in [5.41, 5.74) is 5.99. The Labute approximate surface area is 231 Å². The smallest absolute Gasteiger partial charge is 0.273 e. The summed E-state index contributed by atoms with van der Waals surface area (Å²) >= 11 is 6.28. The summed E-state index contributed by atoms with van der Waals surface area (Å²) in [5.74, 6) is 1.40. The van der Waals surface area contributed by atoms with Crippen molar-refractivity contribution in [2.45, 2.75) is 19.2 Å². The number of carbonyl (C=O) groups is 1. The third-order valence-corrected chi connectivity index (χ3v) is 7.34. The fourth-order valence-electron chi connectivity index (χ4n) is 4.98. The first-order chi connectivity index (χ1) is 19.1. The molecule has 1 aliphatic heterocycles. The summed E-state index contributed by atoms with van der Waals surface area (Å²) in [4.78, 5) is 15.6. The molecule has 0 spiro atoms. The molecule has 1 aromatic heterocycles. The number of hydrogen-bond acceptors (Lipinski definition) is 4. The monoisotopic (exact) mass is 535 g/mol. The predicted octanol–water partition coefficient (Wildman–Crippen LogP) is 7.06. The highest BCUT2D eigenvalue weighted by Gasteiger charge is 2.42. The third-order valence-electron chi connectivity index (χ3n) is 6.97. The number of hydrogen-bond donors (Lipinski definition) is 1. The fourth-order valence-corrected chi connectivity index (χ4v) is 5.17. The van der Waals surface area contributed by atoms with Gasteiger partial charge in [-0.05, 0) is 53.6 Å². The van der Waals surface area contributed by atoms with E-state index in [1.165, 1.54) is 0 Å². The number of nitrogens with one attached hydrogen (secondary N) is 1. The fraction of sp³-hybridized carbons (Fsp3) is 0.125. The van der Waals surface area contributed by atoms with Gasteiger partial charge in [0.25, 0.3) is 5.91 Å². The van der Waals surface area contributed by atoms with Gasteiger partial charge in [-0.15, -0.1) is 0 Å². The first-order valence-electron chi connectivity index (χ1n) is 12.7. The second-order valence-electron chi connectivity index (χ2n) is 9.36. The lowest BCUT2D eigenvalue weighted by Crippen LogP contribution is -2.29. The molecule has 5 aromatic rings. The second kappa shape index (κ2) is 10.7. The van der Waals surface area contributed by atoms with Crippen LogP contribution < -0.4 is 9.47 Å². The van der Waals surface area contributed by atoms with Crippen LogP contribution in [0.25, 0.3) is 11.3 Å². The van der Waals surface area contributed by atoms with Crippen LogP contribution in [-0.4, -0.2) is 28.1 Å². The number of methoxy groups -OCH3 is 1. The number of amides is 1. The van der Waals surface area contributed by atoms with Crippen molar-refractivity contribution in [3.05, 3.63) is 136 Å². The minimum atomic E-state index is -0.318. The Balaban J connectivity index is 1.35. The molecule has 1 unspecified atom stereocenters. The second-order valence-corrected chi connectivity index (χ2v) is 9.77. The number of aromatic amines is 1. The Kier molecular flexibility index (Phi) is 6.78. The van der Waals surface area contributed by atoms with Gasteiger partial charge in [-0.25, -0.2) is 0 Å². The van der Waals surface area contributed by atoms with Gasteiger partial charge in [0.2, 0.25) is 0 Å². The molecular weight excluding hydrogens is 510 g/mol. The summed E-state index contributed by atoms with van der Waals surface area (Å²) in [6.45, 7) is 0.842. The summed E-state index contributed by atoms with van der Waals surface area (Å²) in [6.07, 6.45) is 0. The predicted molar refractivity (Wildman–Crippen MR) is 151 cm³/mol. The molecule has 0 saturated carbocycles. The number of ether oxygens (including phenoxy) is 2. The van der Waals surface area contributed by atoms with Gasteiger partial charge in [-0.2, -0.15) is 5.10 Å². The van der Waals surface area contributed by atoms with E-state index >= 15 is 0 Å². The van der Waals surface area contributed by atoms with E-state index in [0.717, 1.165) is 45.0 Å². The normalized spacial score (nSPS) is 14.4. The van der Waals surface area contributed by atoms with Crippen molar-refractivity contribution in [2.24, 2.45) is 0 Å². The zero-order valence-electron chi connectivity index (χ0n) is 21.3. The lowest BCUT2D eigenvalue weighted by molar-refractivity contribution is 0.0730. The number of nitrogens with zero attached hydrogens (tertiary/aromatic N) is 2. The quantitative estimate of drug-likeness (QED) is 0.231. The number of carbonyl (C=O) groups excluding carboxylic acids is 1. The van der Waals surface area contributed by atoms with E-state index in [1.54, 1.807) is 7.11 Å². The van der Waals surface area contributed by atoms with Crippen LogP contribution in [-0.2, 0) is 13.2 Å². The topological polar surface area (TPSA) is 67.5 Å². The average Bonchev–Trinajstić information content (AvgIpc) is 3.52.